The van der Waals surface area contributed by atoms with Gasteiger partial charge >= 0.3 is 0 Å². The molecule has 5 nitrogen and oxygen atoms in total. The molecule has 0 radical (unpaired) electrons. The van der Waals surface area contributed by atoms with Crippen LogP contribution in [0.4, 0.5) is 0 Å². The third kappa shape index (κ3) is 2.41. The van der Waals surface area contributed by atoms with E-state index < -0.39 is 0 Å². The summed E-state index contributed by atoms with van der Waals surface area (Å²) in [7, 11) is 1.55. The molecule has 0 amide bonds. The van der Waals surface area contributed by atoms with E-state index in [2.05, 4.69) is 16.0 Å². The highest BCUT2D eigenvalue weighted by Gasteiger charge is 2.12. The molecule has 0 spiro atoms. The van der Waals surface area contributed by atoms with Crippen molar-refractivity contribution in [1.29, 1.82) is 5.26 Å². The van der Waals surface area contributed by atoms with Gasteiger partial charge in [0.2, 0.25) is 5.88 Å². The zero-order valence-corrected chi connectivity index (χ0v) is 10.8. The number of aromatic nitrogens is 2. The van der Waals surface area contributed by atoms with Crippen LogP contribution in [0.25, 0.3) is 10.6 Å². The smallest absolute Gasteiger partial charge is 0.216 e. The summed E-state index contributed by atoms with van der Waals surface area (Å²) in [5.41, 5.74) is 0.717. The highest BCUT2D eigenvalue weighted by atomic mass is 32.1. The van der Waals surface area contributed by atoms with Crippen molar-refractivity contribution in [3.63, 3.8) is 0 Å². The van der Waals surface area contributed by atoms with Crippen LogP contribution in [0.1, 0.15) is 11.8 Å². The van der Waals surface area contributed by atoms with E-state index in [4.69, 9.17) is 14.7 Å². The molecular formula is C12H11N3O2S. The maximum absolute atomic E-state index is 9.03. The summed E-state index contributed by atoms with van der Waals surface area (Å²) in [5.74, 6) is 1.09. The SMILES string of the molecule is CCOc1cc(-c2cc(OC)ncn2)sc1C#N. The number of rotatable bonds is 4. The Bertz CT molecular complexity index is 589. The van der Waals surface area contributed by atoms with Crippen molar-refractivity contribution in [2.45, 2.75) is 6.92 Å². The van der Waals surface area contributed by atoms with Crippen molar-refractivity contribution in [3.8, 4) is 28.3 Å². The second-order valence-electron chi connectivity index (χ2n) is 3.29. The van der Waals surface area contributed by atoms with Gasteiger partial charge in [0.25, 0.3) is 0 Å². The lowest BCUT2D eigenvalue weighted by Crippen LogP contribution is -1.91. The van der Waals surface area contributed by atoms with Gasteiger partial charge in [-0.1, -0.05) is 0 Å². The molecule has 0 aliphatic rings. The van der Waals surface area contributed by atoms with Gasteiger partial charge in [0, 0.05) is 12.1 Å². The van der Waals surface area contributed by atoms with Crippen LogP contribution in [0, 0.1) is 11.3 Å². The van der Waals surface area contributed by atoms with Crippen LogP contribution < -0.4 is 9.47 Å². The van der Waals surface area contributed by atoms with Crippen molar-refractivity contribution in [2.75, 3.05) is 13.7 Å². The topological polar surface area (TPSA) is 68.0 Å². The number of thiophene rings is 1. The highest BCUT2D eigenvalue weighted by molar-refractivity contribution is 7.16. The van der Waals surface area contributed by atoms with E-state index in [1.807, 2.05) is 13.0 Å². The number of hydrogen-bond acceptors (Lipinski definition) is 6. The molecule has 2 rings (SSSR count). The summed E-state index contributed by atoms with van der Waals surface area (Å²) >= 11 is 1.34. The Hall–Kier alpha value is -2.13. The highest BCUT2D eigenvalue weighted by Crippen LogP contribution is 2.35. The molecule has 92 valence electrons. The first-order valence-corrected chi connectivity index (χ1v) is 6.13. The standard InChI is InChI=1S/C12H11N3O2S/c1-3-17-9-5-10(18-11(9)6-13)8-4-12(16-2)15-7-14-8/h4-5,7H,3H2,1-2H3. The predicted molar refractivity (Wildman–Crippen MR) is 67.8 cm³/mol. The molecule has 0 aliphatic carbocycles. The number of nitriles is 1. The third-order valence-corrected chi connectivity index (χ3v) is 3.25. The van der Waals surface area contributed by atoms with E-state index in [1.54, 1.807) is 13.2 Å². The Kier molecular flexibility index (Phi) is 3.75. The van der Waals surface area contributed by atoms with Crippen molar-refractivity contribution >= 4 is 11.3 Å². The first kappa shape index (κ1) is 12.3. The van der Waals surface area contributed by atoms with Crippen LogP contribution in [-0.2, 0) is 0 Å². The zero-order chi connectivity index (χ0) is 13.0. The third-order valence-electron chi connectivity index (χ3n) is 2.20. The van der Waals surface area contributed by atoms with Crippen LogP contribution in [0.3, 0.4) is 0 Å². The number of nitrogens with zero attached hydrogens (tertiary/aromatic N) is 3. The quantitative estimate of drug-likeness (QED) is 0.845. The van der Waals surface area contributed by atoms with Gasteiger partial charge in [-0.2, -0.15) is 5.26 Å². The van der Waals surface area contributed by atoms with Crippen LogP contribution in [0.2, 0.25) is 0 Å². The van der Waals surface area contributed by atoms with Gasteiger partial charge in [-0.3, -0.25) is 0 Å². The van der Waals surface area contributed by atoms with Gasteiger partial charge in [0.15, 0.2) is 0 Å². The molecular weight excluding hydrogens is 250 g/mol. The largest absolute Gasteiger partial charge is 0.492 e. The maximum atomic E-state index is 9.03. The van der Waals surface area contributed by atoms with E-state index in [1.165, 1.54) is 17.7 Å². The second-order valence-corrected chi connectivity index (χ2v) is 4.35. The summed E-state index contributed by atoms with van der Waals surface area (Å²) in [6, 6.07) is 5.66. The van der Waals surface area contributed by atoms with E-state index in [0.717, 1.165) is 4.88 Å². The lowest BCUT2D eigenvalue weighted by molar-refractivity contribution is 0.341. The first-order valence-electron chi connectivity index (χ1n) is 5.31. The lowest BCUT2D eigenvalue weighted by atomic mass is 10.3. The van der Waals surface area contributed by atoms with Crippen molar-refractivity contribution in [2.24, 2.45) is 0 Å². The fourth-order valence-electron chi connectivity index (χ4n) is 1.43. The Labute approximate surface area is 109 Å². The normalized spacial score (nSPS) is 9.83. The molecule has 0 fully saturated rings. The van der Waals surface area contributed by atoms with Gasteiger partial charge in [0.05, 0.1) is 24.3 Å². The van der Waals surface area contributed by atoms with E-state index in [-0.39, 0.29) is 0 Å². The molecule has 2 aromatic heterocycles. The van der Waals surface area contributed by atoms with Gasteiger partial charge in [-0.25, -0.2) is 9.97 Å². The molecule has 0 bridgehead atoms. The summed E-state index contributed by atoms with van der Waals surface area (Å²) in [4.78, 5) is 9.51. The lowest BCUT2D eigenvalue weighted by Gasteiger charge is -1.99. The molecule has 2 aromatic rings. The van der Waals surface area contributed by atoms with Crippen molar-refractivity contribution in [1.82, 2.24) is 9.97 Å². The molecule has 0 atom stereocenters. The summed E-state index contributed by atoms with van der Waals surface area (Å²) in [6.45, 7) is 2.41. The number of ether oxygens (including phenoxy) is 2. The summed E-state index contributed by atoms with van der Waals surface area (Å²) in [6.07, 6.45) is 1.43. The predicted octanol–water partition coefficient (Wildman–Crippen LogP) is 2.48. The minimum absolute atomic E-state index is 0.491. The fourth-order valence-corrected chi connectivity index (χ4v) is 2.29. The Balaban J connectivity index is 2.41. The summed E-state index contributed by atoms with van der Waals surface area (Å²) in [5, 5.41) is 9.03. The van der Waals surface area contributed by atoms with Crippen LogP contribution >= 0.6 is 11.3 Å². The molecule has 0 unspecified atom stereocenters. The molecule has 6 heteroatoms. The van der Waals surface area contributed by atoms with E-state index in [0.29, 0.717) is 28.8 Å². The molecule has 0 aliphatic heterocycles. The minimum Gasteiger partial charge on any atom is -0.492 e. The molecule has 0 N–H and O–H groups in total. The van der Waals surface area contributed by atoms with Crippen molar-refractivity contribution < 1.29 is 9.47 Å². The molecule has 0 saturated carbocycles. The fraction of sp³-hybridized carbons (Fsp3) is 0.250. The number of hydrogen-bond donors (Lipinski definition) is 0. The molecule has 18 heavy (non-hydrogen) atoms. The van der Waals surface area contributed by atoms with Crippen LogP contribution in [0.15, 0.2) is 18.5 Å². The van der Waals surface area contributed by atoms with Gasteiger partial charge in [-0.05, 0) is 6.92 Å². The van der Waals surface area contributed by atoms with Gasteiger partial charge in [-0.15, -0.1) is 11.3 Å². The van der Waals surface area contributed by atoms with Gasteiger partial charge < -0.3 is 9.47 Å². The van der Waals surface area contributed by atoms with E-state index in [9.17, 15) is 0 Å². The maximum Gasteiger partial charge on any atom is 0.216 e. The van der Waals surface area contributed by atoms with Crippen LogP contribution in [-0.4, -0.2) is 23.7 Å². The molecule has 2 heterocycles. The Morgan fingerprint density at radius 2 is 2.22 bits per heavy atom. The number of methoxy groups -OCH3 is 1. The Morgan fingerprint density at radius 1 is 1.39 bits per heavy atom. The monoisotopic (exact) mass is 261 g/mol. The van der Waals surface area contributed by atoms with E-state index >= 15 is 0 Å². The second kappa shape index (κ2) is 5.47. The van der Waals surface area contributed by atoms with Crippen LogP contribution in [0.5, 0.6) is 11.6 Å². The Morgan fingerprint density at radius 3 is 2.89 bits per heavy atom. The average Bonchev–Trinajstić information content (AvgIpc) is 2.82. The average molecular weight is 261 g/mol. The molecule has 0 saturated heterocycles. The zero-order valence-electron chi connectivity index (χ0n) is 10.0. The first-order chi connectivity index (χ1) is 8.78. The summed E-state index contributed by atoms with van der Waals surface area (Å²) < 4.78 is 10.4. The minimum atomic E-state index is 0.491. The molecule has 0 aromatic carbocycles. The van der Waals surface area contributed by atoms with Crippen molar-refractivity contribution in [3.05, 3.63) is 23.3 Å². The van der Waals surface area contributed by atoms with Gasteiger partial charge in [0.1, 0.15) is 23.0 Å².